The van der Waals surface area contributed by atoms with Crippen molar-refractivity contribution >= 4 is 29.1 Å². The van der Waals surface area contributed by atoms with Gasteiger partial charge in [0.2, 0.25) is 0 Å². The maximum Gasteiger partial charge on any atom is 0.341 e. The Kier molecular flexibility index (Phi) is 7.07. The van der Waals surface area contributed by atoms with Gasteiger partial charge >= 0.3 is 5.97 Å². The lowest BCUT2D eigenvalue weighted by molar-refractivity contribution is -0.139. The van der Waals surface area contributed by atoms with Crippen LogP contribution in [0.25, 0.3) is 0 Å². The Balaban J connectivity index is 1.72. The van der Waals surface area contributed by atoms with E-state index in [0.717, 1.165) is 11.1 Å². The first kappa shape index (κ1) is 22.4. The Labute approximate surface area is 185 Å². The third kappa shape index (κ3) is 6.09. The van der Waals surface area contributed by atoms with Crippen LogP contribution < -0.4 is 21.1 Å². The largest absolute Gasteiger partial charge is 0.482 e. The van der Waals surface area contributed by atoms with Crippen LogP contribution in [0.3, 0.4) is 0 Å². The summed E-state index contributed by atoms with van der Waals surface area (Å²) in [7, 11) is 0. The van der Waals surface area contributed by atoms with Crippen molar-refractivity contribution < 1.29 is 19.4 Å². The second-order valence-corrected chi connectivity index (χ2v) is 7.18. The number of amides is 1. The van der Waals surface area contributed by atoms with Gasteiger partial charge in [-0.15, -0.1) is 0 Å². The molecule has 0 saturated carbocycles. The van der Waals surface area contributed by atoms with E-state index >= 15 is 0 Å². The molecule has 0 aromatic heterocycles. The van der Waals surface area contributed by atoms with Gasteiger partial charge in [-0.25, -0.2) is 4.79 Å². The predicted octanol–water partition coefficient (Wildman–Crippen LogP) is 3.61. The van der Waals surface area contributed by atoms with E-state index < -0.39 is 12.6 Å². The van der Waals surface area contributed by atoms with Gasteiger partial charge in [-0.05, 0) is 61.0 Å². The molecule has 3 rings (SSSR count). The molecule has 1 amide bonds. The number of carboxylic acid groups (broad SMARTS) is 1. The number of amidine groups is 1. The number of nitrogens with one attached hydrogen (secondary N) is 3. The summed E-state index contributed by atoms with van der Waals surface area (Å²) in [6, 6.07) is 19.4. The van der Waals surface area contributed by atoms with E-state index in [2.05, 4.69) is 10.6 Å². The molecule has 0 aliphatic heterocycles. The number of nitrogen functional groups attached to an aromatic ring is 1. The number of carbonyl (C=O) groups is 2. The molecule has 0 aliphatic rings. The third-order valence-corrected chi connectivity index (χ3v) is 4.62. The summed E-state index contributed by atoms with van der Waals surface area (Å²) < 4.78 is 5.21. The number of carboxylic acids is 1. The molecule has 0 heterocycles. The number of benzene rings is 3. The molecule has 0 atom stereocenters. The summed E-state index contributed by atoms with van der Waals surface area (Å²) in [4.78, 5) is 23.6. The van der Waals surface area contributed by atoms with Crippen LogP contribution in [0.5, 0.6) is 5.75 Å². The highest BCUT2D eigenvalue weighted by molar-refractivity contribution is 6.08. The Morgan fingerprint density at radius 3 is 2.50 bits per heavy atom. The minimum atomic E-state index is -1.04. The fraction of sp³-hybridized carbons (Fsp3) is 0.125. The lowest BCUT2D eigenvalue weighted by Gasteiger charge is -2.14. The third-order valence-electron chi connectivity index (χ3n) is 4.62. The van der Waals surface area contributed by atoms with Crippen molar-refractivity contribution in [1.29, 1.82) is 5.41 Å². The van der Waals surface area contributed by atoms with Crippen LogP contribution in [-0.2, 0) is 11.3 Å². The molecular formula is C24H24N4O4. The molecule has 0 aliphatic carbocycles. The van der Waals surface area contributed by atoms with Crippen LogP contribution in [0, 0.1) is 12.3 Å². The van der Waals surface area contributed by atoms with E-state index in [1.807, 2.05) is 25.1 Å². The lowest BCUT2D eigenvalue weighted by Crippen LogP contribution is -2.16. The van der Waals surface area contributed by atoms with E-state index in [1.165, 1.54) is 0 Å². The number of hydrogen-bond acceptors (Lipinski definition) is 5. The minimum Gasteiger partial charge on any atom is -0.482 e. The average molecular weight is 432 g/mol. The van der Waals surface area contributed by atoms with E-state index in [9.17, 15) is 9.59 Å². The molecule has 0 bridgehead atoms. The fourth-order valence-electron chi connectivity index (χ4n) is 3.02. The smallest absolute Gasteiger partial charge is 0.341 e. The zero-order valence-corrected chi connectivity index (χ0v) is 17.5. The number of rotatable bonds is 9. The second-order valence-electron chi connectivity index (χ2n) is 7.18. The van der Waals surface area contributed by atoms with Gasteiger partial charge in [-0.3, -0.25) is 10.2 Å². The molecule has 8 heteroatoms. The summed E-state index contributed by atoms with van der Waals surface area (Å²) in [5.74, 6) is -0.891. The molecule has 164 valence electrons. The van der Waals surface area contributed by atoms with Crippen LogP contribution in [0.4, 0.5) is 11.4 Å². The fourth-order valence-corrected chi connectivity index (χ4v) is 3.02. The number of carbonyl (C=O) groups excluding carboxylic acids is 1. The molecule has 3 aromatic rings. The Bertz CT molecular complexity index is 1140. The monoisotopic (exact) mass is 432 g/mol. The molecule has 3 aromatic carbocycles. The van der Waals surface area contributed by atoms with Gasteiger partial charge in [0.1, 0.15) is 11.6 Å². The zero-order valence-electron chi connectivity index (χ0n) is 17.5. The maximum atomic E-state index is 12.9. The molecule has 0 saturated heterocycles. The number of nitrogens with two attached hydrogens (primary N) is 1. The standard InChI is InChI=1S/C24H24N4O4/c1-15-5-10-21(27-13-16-3-2-4-19(12-16)32-14-22(29)30)20(11-15)24(31)28-18-8-6-17(7-9-18)23(25)26/h2-12,27H,13-14H2,1H3,(H3,25,26)(H,28,31)(H,29,30). The molecule has 8 nitrogen and oxygen atoms in total. The lowest BCUT2D eigenvalue weighted by atomic mass is 10.1. The quantitative estimate of drug-likeness (QED) is 0.259. The van der Waals surface area contributed by atoms with Crippen LogP contribution in [0.1, 0.15) is 27.0 Å². The minimum absolute atomic E-state index is 0.0366. The predicted molar refractivity (Wildman–Crippen MR) is 123 cm³/mol. The van der Waals surface area contributed by atoms with Crippen molar-refractivity contribution in [1.82, 2.24) is 0 Å². The van der Waals surface area contributed by atoms with Gasteiger partial charge in [-0.2, -0.15) is 0 Å². The molecule has 0 unspecified atom stereocenters. The average Bonchev–Trinajstić information content (AvgIpc) is 2.77. The first-order valence-corrected chi connectivity index (χ1v) is 9.85. The first-order valence-electron chi connectivity index (χ1n) is 9.85. The van der Waals surface area contributed by atoms with Crippen molar-refractivity contribution in [3.63, 3.8) is 0 Å². The molecular weight excluding hydrogens is 408 g/mol. The van der Waals surface area contributed by atoms with Crippen molar-refractivity contribution in [3.05, 3.63) is 89.0 Å². The number of hydrogen-bond donors (Lipinski definition) is 5. The van der Waals surface area contributed by atoms with Gasteiger partial charge in [0.15, 0.2) is 6.61 Å². The van der Waals surface area contributed by atoms with Crippen LogP contribution in [0.15, 0.2) is 66.7 Å². The maximum absolute atomic E-state index is 12.9. The number of aryl methyl sites for hydroxylation is 1. The van der Waals surface area contributed by atoms with Gasteiger partial charge in [0.05, 0.1) is 5.56 Å². The number of aliphatic carboxylic acids is 1. The van der Waals surface area contributed by atoms with E-state index in [1.54, 1.807) is 48.5 Å². The summed E-state index contributed by atoms with van der Waals surface area (Å²) in [5, 5.41) is 22.3. The molecule has 0 fully saturated rings. The highest BCUT2D eigenvalue weighted by Gasteiger charge is 2.13. The zero-order chi connectivity index (χ0) is 23.1. The summed E-state index contributed by atoms with van der Waals surface area (Å²) in [6.45, 7) is 1.92. The van der Waals surface area contributed by atoms with Crippen LogP contribution in [-0.4, -0.2) is 29.4 Å². The van der Waals surface area contributed by atoms with E-state index in [0.29, 0.717) is 34.8 Å². The highest BCUT2D eigenvalue weighted by Crippen LogP contribution is 2.21. The molecule has 0 radical (unpaired) electrons. The highest BCUT2D eigenvalue weighted by atomic mass is 16.5. The number of anilines is 2. The van der Waals surface area contributed by atoms with Crippen LogP contribution in [0.2, 0.25) is 0 Å². The Hall–Kier alpha value is -4.33. The van der Waals surface area contributed by atoms with Gasteiger partial charge < -0.3 is 26.2 Å². The molecule has 6 N–H and O–H groups in total. The summed E-state index contributed by atoms with van der Waals surface area (Å²) in [5.41, 5.74) is 9.60. The van der Waals surface area contributed by atoms with E-state index in [4.69, 9.17) is 21.0 Å². The topological polar surface area (TPSA) is 138 Å². The summed E-state index contributed by atoms with van der Waals surface area (Å²) >= 11 is 0. The second kappa shape index (κ2) is 10.1. The SMILES string of the molecule is Cc1ccc(NCc2cccc(OCC(=O)O)c2)c(C(=O)Nc2ccc(C(=N)N)cc2)c1. The van der Waals surface area contributed by atoms with Gasteiger partial charge in [0, 0.05) is 23.5 Å². The van der Waals surface area contributed by atoms with Crippen LogP contribution >= 0.6 is 0 Å². The Morgan fingerprint density at radius 2 is 1.81 bits per heavy atom. The first-order chi connectivity index (χ1) is 15.3. The van der Waals surface area contributed by atoms with Crippen molar-refractivity contribution in [2.75, 3.05) is 17.2 Å². The van der Waals surface area contributed by atoms with Gasteiger partial charge in [-0.1, -0.05) is 23.8 Å². The normalized spacial score (nSPS) is 10.3. The summed E-state index contributed by atoms with van der Waals surface area (Å²) in [6.07, 6.45) is 0. The molecule has 32 heavy (non-hydrogen) atoms. The molecule has 0 spiro atoms. The van der Waals surface area contributed by atoms with Crippen molar-refractivity contribution in [3.8, 4) is 5.75 Å². The Morgan fingerprint density at radius 1 is 1.06 bits per heavy atom. The van der Waals surface area contributed by atoms with Crippen molar-refractivity contribution in [2.24, 2.45) is 5.73 Å². The van der Waals surface area contributed by atoms with Gasteiger partial charge in [0.25, 0.3) is 5.91 Å². The van der Waals surface area contributed by atoms with Crippen molar-refractivity contribution in [2.45, 2.75) is 13.5 Å². The number of ether oxygens (including phenoxy) is 1. The van der Waals surface area contributed by atoms with E-state index in [-0.39, 0.29) is 11.7 Å².